The van der Waals surface area contributed by atoms with Crippen LogP contribution in [-0.4, -0.2) is 33.5 Å². The molecule has 0 aliphatic heterocycles. The monoisotopic (exact) mass is 389 g/mol. The molecule has 1 heterocycles. The quantitative estimate of drug-likeness (QED) is 0.477. The van der Waals surface area contributed by atoms with Crippen LogP contribution >= 0.6 is 23.4 Å². The average molecular weight is 390 g/mol. The van der Waals surface area contributed by atoms with Crippen molar-refractivity contribution in [2.75, 3.05) is 18.3 Å². The Morgan fingerprint density at radius 1 is 1.27 bits per heavy atom. The van der Waals surface area contributed by atoms with Crippen molar-refractivity contribution >= 4 is 35.0 Å². The molecule has 2 aromatic carbocycles. The summed E-state index contributed by atoms with van der Waals surface area (Å²) in [7, 11) is 1.62. The van der Waals surface area contributed by atoms with Gasteiger partial charge in [-0.15, -0.1) is 10.2 Å². The number of amides is 1. The summed E-state index contributed by atoms with van der Waals surface area (Å²) in [6, 6.07) is 14.6. The maximum Gasteiger partial charge on any atom is 0.248 e. The maximum atomic E-state index is 12.0. The fourth-order valence-electron chi connectivity index (χ4n) is 2.12. The second-order valence-corrected chi connectivity index (χ2v) is 6.53. The van der Waals surface area contributed by atoms with Crippen molar-refractivity contribution in [2.24, 2.45) is 0 Å². The molecule has 0 radical (unpaired) electrons. The summed E-state index contributed by atoms with van der Waals surface area (Å²) in [6.07, 6.45) is 1.60. The Balaban J connectivity index is 1.56. The highest BCUT2D eigenvalue weighted by Crippen LogP contribution is 2.21. The first kappa shape index (κ1) is 18.1. The van der Waals surface area contributed by atoms with Gasteiger partial charge in [0.25, 0.3) is 0 Å². The van der Waals surface area contributed by atoms with Crippen molar-refractivity contribution in [3.05, 3.63) is 59.9 Å². The van der Waals surface area contributed by atoms with Gasteiger partial charge in [0.1, 0.15) is 12.1 Å². The summed E-state index contributed by atoms with van der Waals surface area (Å²) in [5.41, 5.74) is 7.03. The lowest BCUT2D eigenvalue weighted by molar-refractivity contribution is -0.118. The zero-order valence-electron chi connectivity index (χ0n) is 13.8. The van der Waals surface area contributed by atoms with Crippen LogP contribution in [0.2, 0.25) is 5.02 Å². The van der Waals surface area contributed by atoms with Gasteiger partial charge in [-0.05, 0) is 42.5 Å². The Bertz CT molecular complexity index is 885. The van der Waals surface area contributed by atoms with E-state index >= 15 is 0 Å². The van der Waals surface area contributed by atoms with E-state index in [1.54, 1.807) is 37.7 Å². The van der Waals surface area contributed by atoms with E-state index in [9.17, 15) is 4.79 Å². The number of nitrogens with zero attached hydrogens (tertiary/aromatic N) is 3. The van der Waals surface area contributed by atoms with Crippen LogP contribution in [0.4, 0.5) is 5.69 Å². The Morgan fingerprint density at radius 3 is 2.81 bits per heavy atom. The molecule has 7 nitrogen and oxygen atoms in total. The van der Waals surface area contributed by atoms with E-state index in [4.69, 9.17) is 16.3 Å². The number of thioether (sulfide) groups is 1. The predicted molar refractivity (Wildman–Crippen MR) is 102 cm³/mol. The second-order valence-electron chi connectivity index (χ2n) is 5.15. The largest absolute Gasteiger partial charge is 0.497 e. The van der Waals surface area contributed by atoms with Gasteiger partial charge in [0.15, 0.2) is 5.16 Å². The lowest BCUT2D eigenvalue weighted by Gasteiger charge is -2.09. The lowest BCUT2D eigenvalue weighted by atomic mass is 10.3. The van der Waals surface area contributed by atoms with Crippen molar-refractivity contribution in [2.45, 2.75) is 5.16 Å². The van der Waals surface area contributed by atoms with E-state index in [-0.39, 0.29) is 11.7 Å². The topological polar surface area (TPSA) is 81.1 Å². The molecular weight excluding hydrogens is 374 g/mol. The molecule has 0 atom stereocenters. The molecule has 0 saturated heterocycles. The molecular formula is C17H16ClN5O2S. The number of halogens is 1. The molecule has 1 aromatic heterocycles. The van der Waals surface area contributed by atoms with Crippen LogP contribution < -0.4 is 15.6 Å². The highest BCUT2D eigenvalue weighted by molar-refractivity contribution is 7.99. The third-order valence-corrected chi connectivity index (χ3v) is 4.55. The molecule has 2 N–H and O–H groups in total. The molecule has 26 heavy (non-hydrogen) atoms. The van der Waals surface area contributed by atoms with Crippen molar-refractivity contribution < 1.29 is 9.53 Å². The van der Waals surface area contributed by atoms with E-state index in [1.165, 1.54) is 11.8 Å². The van der Waals surface area contributed by atoms with E-state index in [0.29, 0.717) is 15.9 Å². The van der Waals surface area contributed by atoms with Crippen LogP contribution in [0.15, 0.2) is 60.0 Å². The molecule has 3 aromatic rings. The molecule has 0 spiro atoms. The Morgan fingerprint density at radius 2 is 2.08 bits per heavy atom. The molecule has 134 valence electrons. The van der Waals surface area contributed by atoms with Gasteiger partial charge in [0.05, 0.1) is 18.6 Å². The van der Waals surface area contributed by atoms with Crippen molar-refractivity contribution in [1.82, 2.24) is 20.2 Å². The van der Waals surface area contributed by atoms with Crippen LogP contribution in [-0.2, 0) is 4.79 Å². The van der Waals surface area contributed by atoms with Crippen LogP contribution in [0.5, 0.6) is 5.75 Å². The molecule has 0 aliphatic carbocycles. The van der Waals surface area contributed by atoms with Gasteiger partial charge in [-0.25, -0.2) is 0 Å². The van der Waals surface area contributed by atoms with Gasteiger partial charge >= 0.3 is 0 Å². The molecule has 0 unspecified atom stereocenters. The number of nitrogens with one attached hydrogen (secondary N) is 2. The van der Waals surface area contributed by atoms with Gasteiger partial charge in [-0.2, -0.15) is 0 Å². The third kappa shape index (κ3) is 4.68. The van der Waals surface area contributed by atoms with Crippen LogP contribution in [0.25, 0.3) is 5.69 Å². The van der Waals surface area contributed by atoms with Crippen molar-refractivity contribution in [1.29, 1.82) is 0 Å². The van der Waals surface area contributed by atoms with Crippen LogP contribution in [0.1, 0.15) is 0 Å². The van der Waals surface area contributed by atoms with E-state index in [2.05, 4.69) is 21.0 Å². The summed E-state index contributed by atoms with van der Waals surface area (Å²) < 4.78 is 6.96. The van der Waals surface area contributed by atoms with Crippen molar-refractivity contribution in [3.8, 4) is 11.4 Å². The van der Waals surface area contributed by atoms with Gasteiger partial charge in [0.2, 0.25) is 5.91 Å². The van der Waals surface area contributed by atoms with E-state index in [1.807, 2.05) is 28.8 Å². The van der Waals surface area contributed by atoms with Gasteiger partial charge < -0.3 is 4.74 Å². The van der Waals surface area contributed by atoms with Gasteiger partial charge in [-0.1, -0.05) is 29.4 Å². The van der Waals surface area contributed by atoms with Crippen LogP contribution in [0.3, 0.4) is 0 Å². The summed E-state index contributed by atoms with van der Waals surface area (Å²) in [4.78, 5) is 12.0. The molecule has 0 saturated carbocycles. The Kier molecular flexibility index (Phi) is 5.98. The first-order chi connectivity index (χ1) is 12.7. The smallest absolute Gasteiger partial charge is 0.248 e. The van der Waals surface area contributed by atoms with E-state index < -0.39 is 0 Å². The number of anilines is 1. The zero-order valence-corrected chi connectivity index (χ0v) is 15.4. The number of methoxy groups -OCH3 is 1. The van der Waals surface area contributed by atoms with Gasteiger partial charge in [0, 0.05) is 10.7 Å². The lowest BCUT2D eigenvalue weighted by Crippen LogP contribution is -2.30. The summed E-state index contributed by atoms with van der Waals surface area (Å²) in [5, 5.41) is 9.19. The second kappa shape index (κ2) is 8.59. The minimum absolute atomic E-state index is 0.183. The molecule has 3 rings (SSSR count). The number of hydrogen-bond acceptors (Lipinski definition) is 6. The first-order valence-corrected chi connectivity index (χ1v) is 9.00. The number of carbonyl (C=O) groups is 1. The first-order valence-electron chi connectivity index (χ1n) is 7.63. The fraction of sp³-hybridized carbons (Fsp3) is 0.118. The maximum absolute atomic E-state index is 12.0. The molecule has 0 fully saturated rings. The minimum atomic E-state index is -0.195. The SMILES string of the molecule is COc1ccc(-n2cnnc2SCC(=O)NNc2cccc(Cl)c2)cc1. The average Bonchev–Trinajstić information content (AvgIpc) is 3.13. The highest BCUT2D eigenvalue weighted by atomic mass is 35.5. The normalized spacial score (nSPS) is 10.4. The number of ether oxygens (including phenoxy) is 1. The number of benzene rings is 2. The molecule has 0 bridgehead atoms. The number of hydrazine groups is 1. The number of rotatable bonds is 7. The Hall–Kier alpha value is -2.71. The molecule has 0 aliphatic rings. The zero-order chi connectivity index (χ0) is 18.4. The number of aromatic nitrogens is 3. The predicted octanol–water partition coefficient (Wildman–Crippen LogP) is 3.16. The standard InChI is InChI=1S/C17H16ClN5O2S/c1-25-15-7-5-14(6-8-15)23-11-19-22-17(23)26-10-16(24)21-20-13-4-2-3-12(18)9-13/h2-9,11,20H,10H2,1H3,(H,21,24). The summed E-state index contributed by atoms with van der Waals surface area (Å²) in [6.45, 7) is 0. The minimum Gasteiger partial charge on any atom is -0.497 e. The highest BCUT2D eigenvalue weighted by Gasteiger charge is 2.10. The molecule has 1 amide bonds. The van der Waals surface area contributed by atoms with Gasteiger partial charge in [-0.3, -0.25) is 20.2 Å². The Labute approximate surface area is 159 Å². The van der Waals surface area contributed by atoms with Crippen LogP contribution in [0, 0.1) is 0 Å². The summed E-state index contributed by atoms with van der Waals surface area (Å²) >= 11 is 7.19. The third-order valence-electron chi connectivity index (χ3n) is 3.37. The number of hydrogen-bond donors (Lipinski definition) is 2. The fourth-order valence-corrected chi connectivity index (χ4v) is 3.04. The number of carbonyl (C=O) groups excluding carboxylic acids is 1. The summed E-state index contributed by atoms with van der Waals surface area (Å²) in [5.74, 6) is 0.754. The molecule has 9 heteroatoms. The van der Waals surface area contributed by atoms with Crippen molar-refractivity contribution in [3.63, 3.8) is 0 Å². The van der Waals surface area contributed by atoms with E-state index in [0.717, 1.165) is 11.4 Å².